The highest BCUT2D eigenvalue weighted by atomic mass is 127. The monoisotopic (exact) mass is 438 g/mol. The van der Waals surface area contributed by atoms with E-state index in [0.29, 0.717) is 6.54 Å². The number of para-hydroxylation sites is 1. The molecule has 0 radical (unpaired) electrons. The molecule has 2 aromatic rings. The average molecular weight is 438 g/mol. The van der Waals surface area contributed by atoms with E-state index in [1.165, 1.54) is 11.3 Å². The lowest BCUT2D eigenvalue weighted by Gasteiger charge is -2.22. The molecule has 0 spiro atoms. The summed E-state index contributed by atoms with van der Waals surface area (Å²) in [5.41, 5.74) is 2.64. The third-order valence-electron chi connectivity index (χ3n) is 3.72. The summed E-state index contributed by atoms with van der Waals surface area (Å²) in [5, 5.41) is 6.61. The third kappa shape index (κ3) is 4.56. The van der Waals surface area contributed by atoms with Crippen LogP contribution in [0.3, 0.4) is 0 Å². The molecule has 7 heteroatoms. The molecule has 0 atom stereocenters. The first-order valence-corrected chi connectivity index (χ1v) is 8.02. The number of rotatable bonds is 5. The maximum absolute atomic E-state index is 4.73. The minimum atomic E-state index is 0. The Morgan fingerprint density at radius 1 is 1.29 bits per heavy atom. The van der Waals surface area contributed by atoms with Crippen molar-refractivity contribution in [1.82, 2.24) is 15.3 Å². The van der Waals surface area contributed by atoms with Crippen molar-refractivity contribution >= 4 is 41.4 Å². The normalized spacial score (nSPS) is 13.2. The van der Waals surface area contributed by atoms with Crippen LogP contribution in [0.4, 0.5) is 11.5 Å². The summed E-state index contributed by atoms with van der Waals surface area (Å²) < 4.78 is 0. The van der Waals surface area contributed by atoms with E-state index in [0.717, 1.165) is 37.8 Å². The van der Waals surface area contributed by atoms with Gasteiger partial charge in [-0.25, -0.2) is 4.98 Å². The van der Waals surface area contributed by atoms with Crippen LogP contribution in [0.5, 0.6) is 0 Å². The maximum Gasteiger partial charge on any atom is 0.198 e. The van der Waals surface area contributed by atoms with E-state index >= 15 is 0 Å². The van der Waals surface area contributed by atoms with Gasteiger partial charge in [0, 0.05) is 37.7 Å². The Kier molecular flexibility index (Phi) is 7.23. The van der Waals surface area contributed by atoms with Crippen LogP contribution in [0.2, 0.25) is 0 Å². The predicted molar refractivity (Wildman–Crippen MR) is 109 cm³/mol. The molecule has 1 aliphatic heterocycles. The minimum absolute atomic E-state index is 0. The molecule has 2 heterocycles. The number of halogens is 1. The first-order chi connectivity index (χ1) is 11.4. The standard InChI is InChI=1S/C17H22N6.HI/c1-2-19-17(22-11-10-21-16-13-18-8-9-20-16)23-12-7-14-5-3-4-6-15(14)23;/h3-6,8-9,13H,2,7,10-12H2,1H3,(H,19,22)(H,20,21);1H. The van der Waals surface area contributed by atoms with Crippen molar-refractivity contribution < 1.29 is 0 Å². The van der Waals surface area contributed by atoms with Crippen molar-refractivity contribution in [2.24, 2.45) is 4.99 Å². The van der Waals surface area contributed by atoms with Gasteiger partial charge in [-0.1, -0.05) is 18.2 Å². The van der Waals surface area contributed by atoms with Crippen molar-refractivity contribution in [1.29, 1.82) is 0 Å². The summed E-state index contributed by atoms with van der Waals surface area (Å²) in [7, 11) is 0. The lowest BCUT2D eigenvalue weighted by Crippen LogP contribution is -2.40. The Balaban J connectivity index is 0.00000208. The summed E-state index contributed by atoms with van der Waals surface area (Å²) in [4.78, 5) is 15.2. The minimum Gasteiger partial charge on any atom is -0.367 e. The van der Waals surface area contributed by atoms with E-state index < -0.39 is 0 Å². The van der Waals surface area contributed by atoms with Gasteiger partial charge in [-0.15, -0.1) is 24.0 Å². The Morgan fingerprint density at radius 3 is 2.96 bits per heavy atom. The van der Waals surface area contributed by atoms with Gasteiger partial charge < -0.3 is 15.5 Å². The van der Waals surface area contributed by atoms with Crippen LogP contribution in [0.15, 0.2) is 47.8 Å². The van der Waals surface area contributed by atoms with E-state index in [1.54, 1.807) is 18.6 Å². The Labute approximate surface area is 159 Å². The fourth-order valence-corrected chi connectivity index (χ4v) is 2.69. The summed E-state index contributed by atoms with van der Waals surface area (Å²) in [6, 6.07) is 8.52. The number of benzene rings is 1. The number of anilines is 2. The lowest BCUT2D eigenvalue weighted by molar-refractivity contribution is 0.880. The number of fused-ring (bicyclic) bond motifs is 1. The van der Waals surface area contributed by atoms with Crippen molar-refractivity contribution in [2.45, 2.75) is 13.3 Å². The maximum atomic E-state index is 4.73. The number of guanidine groups is 1. The molecule has 0 unspecified atom stereocenters. The molecule has 2 N–H and O–H groups in total. The van der Waals surface area contributed by atoms with Gasteiger partial charge in [0.25, 0.3) is 0 Å². The Bertz CT molecular complexity index is 661. The van der Waals surface area contributed by atoms with Crippen molar-refractivity contribution in [3.63, 3.8) is 0 Å². The van der Waals surface area contributed by atoms with Crippen LogP contribution in [0.25, 0.3) is 0 Å². The highest BCUT2D eigenvalue weighted by molar-refractivity contribution is 14.0. The number of aromatic nitrogens is 2. The summed E-state index contributed by atoms with van der Waals surface area (Å²) in [5.74, 6) is 1.72. The second-order valence-electron chi connectivity index (χ2n) is 5.28. The fourth-order valence-electron chi connectivity index (χ4n) is 2.69. The molecule has 128 valence electrons. The van der Waals surface area contributed by atoms with E-state index in [2.05, 4.69) is 56.7 Å². The summed E-state index contributed by atoms with van der Waals surface area (Å²) >= 11 is 0. The number of hydrogen-bond acceptors (Lipinski definition) is 4. The highest BCUT2D eigenvalue weighted by Crippen LogP contribution is 2.27. The van der Waals surface area contributed by atoms with Gasteiger partial charge in [0.1, 0.15) is 5.82 Å². The fraction of sp³-hybridized carbons (Fsp3) is 0.353. The van der Waals surface area contributed by atoms with Gasteiger partial charge >= 0.3 is 0 Å². The summed E-state index contributed by atoms with van der Waals surface area (Å²) in [6.45, 7) is 5.33. The molecule has 24 heavy (non-hydrogen) atoms. The first kappa shape index (κ1) is 18.4. The third-order valence-corrected chi connectivity index (χ3v) is 3.72. The average Bonchev–Trinajstić information content (AvgIpc) is 3.03. The predicted octanol–water partition coefficient (Wildman–Crippen LogP) is 2.53. The van der Waals surface area contributed by atoms with Gasteiger partial charge in [0.15, 0.2) is 5.96 Å². The second kappa shape index (κ2) is 9.41. The number of aliphatic imine (C=N–C) groups is 1. The summed E-state index contributed by atoms with van der Waals surface area (Å²) in [6.07, 6.45) is 6.12. The van der Waals surface area contributed by atoms with E-state index in [4.69, 9.17) is 4.99 Å². The number of hydrogen-bond donors (Lipinski definition) is 2. The van der Waals surface area contributed by atoms with Crippen molar-refractivity contribution in [3.05, 3.63) is 48.4 Å². The van der Waals surface area contributed by atoms with Crippen LogP contribution >= 0.6 is 24.0 Å². The highest BCUT2D eigenvalue weighted by Gasteiger charge is 2.22. The van der Waals surface area contributed by atoms with Gasteiger partial charge in [0.05, 0.1) is 12.7 Å². The molecule has 0 saturated carbocycles. The molecule has 0 saturated heterocycles. The van der Waals surface area contributed by atoms with Crippen LogP contribution in [0, 0.1) is 0 Å². The smallest absolute Gasteiger partial charge is 0.198 e. The van der Waals surface area contributed by atoms with Gasteiger partial charge in [-0.2, -0.15) is 0 Å². The lowest BCUT2D eigenvalue weighted by atomic mass is 10.2. The van der Waals surface area contributed by atoms with Crippen LogP contribution in [-0.2, 0) is 6.42 Å². The second-order valence-corrected chi connectivity index (χ2v) is 5.28. The number of nitrogens with zero attached hydrogens (tertiary/aromatic N) is 4. The molecule has 0 amide bonds. The zero-order valence-corrected chi connectivity index (χ0v) is 16.1. The molecule has 0 aliphatic carbocycles. The van der Waals surface area contributed by atoms with Crippen molar-refractivity contribution in [3.8, 4) is 0 Å². The van der Waals surface area contributed by atoms with Gasteiger partial charge in [-0.3, -0.25) is 9.98 Å². The zero-order valence-electron chi connectivity index (χ0n) is 13.8. The topological polar surface area (TPSA) is 65.4 Å². The molecule has 0 bridgehead atoms. The van der Waals surface area contributed by atoms with Crippen LogP contribution in [0.1, 0.15) is 12.5 Å². The first-order valence-electron chi connectivity index (χ1n) is 8.02. The van der Waals surface area contributed by atoms with E-state index in [-0.39, 0.29) is 24.0 Å². The van der Waals surface area contributed by atoms with Gasteiger partial charge in [0.2, 0.25) is 0 Å². The molecule has 0 fully saturated rings. The van der Waals surface area contributed by atoms with Crippen molar-refractivity contribution in [2.75, 3.05) is 36.4 Å². The van der Waals surface area contributed by atoms with E-state index in [9.17, 15) is 0 Å². The van der Waals surface area contributed by atoms with Crippen LogP contribution < -0.4 is 15.5 Å². The molecule has 6 nitrogen and oxygen atoms in total. The largest absolute Gasteiger partial charge is 0.367 e. The molecule has 1 aromatic heterocycles. The molecule has 1 aliphatic rings. The quantitative estimate of drug-likeness (QED) is 0.325. The molecular formula is C17H23IN6. The molecular weight excluding hydrogens is 415 g/mol. The molecule has 3 rings (SSSR count). The van der Waals surface area contributed by atoms with E-state index in [1.807, 2.05) is 0 Å². The Hall–Kier alpha value is -1.90. The Morgan fingerprint density at radius 2 is 2.17 bits per heavy atom. The van der Waals surface area contributed by atoms with Crippen LogP contribution in [-0.4, -0.2) is 42.1 Å². The number of nitrogens with one attached hydrogen (secondary N) is 2. The zero-order chi connectivity index (χ0) is 15.9. The van der Waals surface area contributed by atoms with Gasteiger partial charge in [-0.05, 0) is 25.0 Å². The SMILES string of the molecule is CCNC(=NCCNc1cnccn1)N1CCc2ccccc21.I. The molecule has 1 aromatic carbocycles.